The molecular weight excluding hydrogens is 313 g/mol. The molecule has 2 aromatic rings. The summed E-state index contributed by atoms with van der Waals surface area (Å²) in [6, 6.07) is 7.38. The zero-order chi connectivity index (χ0) is 15.0. The lowest BCUT2D eigenvalue weighted by molar-refractivity contribution is -0.121. The maximum Gasteiger partial charge on any atom is 0.235 e. The SMILES string of the molecule is O=C1CCC(=O)N1c1nn(Cc2ccccc2Cl)cc1Cl. The molecule has 0 bridgehead atoms. The second kappa shape index (κ2) is 5.50. The van der Waals surface area contributed by atoms with Crippen molar-refractivity contribution < 1.29 is 9.59 Å². The third kappa shape index (κ3) is 2.66. The fourth-order valence-electron chi connectivity index (χ4n) is 2.23. The Balaban J connectivity index is 1.90. The Morgan fingerprint density at radius 2 is 1.71 bits per heavy atom. The fourth-order valence-corrected chi connectivity index (χ4v) is 2.66. The molecular formula is C14H11Cl2N3O2. The van der Waals surface area contributed by atoms with Gasteiger partial charge in [-0.3, -0.25) is 14.3 Å². The molecule has 1 aliphatic rings. The first-order chi connectivity index (χ1) is 10.1. The number of imide groups is 1. The van der Waals surface area contributed by atoms with Crippen molar-refractivity contribution in [2.75, 3.05) is 4.90 Å². The van der Waals surface area contributed by atoms with Gasteiger partial charge >= 0.3 is 0 Å². The maximum absolute atomic E-state index is 11.7. The first-order valence-corrected chi connectivity index (χ1v) is 7.14. The number of hydrogen-bond donors (Lipinski definition) is 0. The molecule has 5 nitrogen and oxygen atoms in total. The first kappa shape index (κ1) is 14.1. The summed E-state index contributed by atoms with van der Waals surface area (Å²) < 4.78 is 1.57. The van der Waals surface area contributed by atoms with Crippen LogP contribution in [-0.2, 0) is 16.1 Å². The van der Waals surface area contributed by atoms with Crippen molar-refractivity contribution in [1.82, 2.24) is 9.78 Å². The molecule has 0 unspecified atom stereocenters. The van der Waals surface area contributed by atoms with E-state index in [9.17, 15) is 9.59 Å². The van der Waals surface area contributed by atoms with Gasteiger partial charge in [-0.15, -0.1) is 0 Å². The monoisotopic (exact) mass is 323 g/mol. The van der Waals surface area contributed by atoms with Crippen molar-refractivity contribution in [2.45, 2.75) is 19.4 Å². The molecule has 108 valence electrons. The number of benzene rings is 1. The standard InChI is InChI=1S/C14H11Cl2N3O2/c15-10-4-2-1-3-9(10)7-18-8-11(16)14(17-18)19-12(20)5-6-13(19)21/h1-4,8H,5-7H2. The van der Waals surface area contributed by atoms with E-state index in [4.69, 9.17) is 23.2 Å². The Bertz CT molecular complexity index is 711. The third-order valence-corrected chi connectivity index (χ3v) is 3.89. The number of amides is 2. The number of anilines is 1. The van der Waals surface area contributed by atoms with Crippen LogP contribution in [0.5, 0.6) is 0 Å². The quantitative estimate of drug-likeness (QED) is 0.816. The number of carbonyl (C=O) groups excluding carboxylic acids is 2. The fraction of sp³-hybridized carbons (Fsp3) is 0.214. The van der Waals surface area contributed by atoms with Crippen LogP contribution in [0.3, 0.4) is 0 Å². The maximum atomic E-state index is 11.7. The topological polar surface area (TPSA) is 55.2 Å². The summed E-state index contributed by atoms with van der Waals surface area (Å²) in [6.07, 6.45) is 1.98. The minimum absolute atomic E-state index is 0.191. The number of carbonyl (C=O) groups is 2. The summed E-state index contributed by atoms with van der Waals surface area (Å²) in [4.78, 5) is 24.5. The molecule has 0 aliphatic carbocycles. The molecule has 1 fully saturated rings. The molecule has 1 aliphatic heterocycles. The summed E-state index contributed by atoms with van der Waals surface area (Å²) in [5.74, 6) is -0.356. The predicted octanol–water partition coefficient (Wildman–Crippen LogP) is 2.89. The van der Waals surface area contributed by atoms with E-state index in [2.05, 4.69) is 5.10 Å². The first-order valence-electron chi connectivity index (χ1n) is 6.38. The highest BCUT2D eigenvalue weighted by atomic mass is 35.5. The van der Waals surface area contributed by atoms with Gasteiger partial charge < -0.3 is 0 Å². The minimum Gasteiger partial charge on any atom is -0.274 e. The minimum atomic E-state index is -0.273. The number of rotatable bonds is 3. The van der Waals surface area contributed by atoms with Crippen LogP contribution in [-0.4, -0.2) is 21.6 Å². The van der Waals surface area contributed by atoms with Crippen LogP contribution in [0.25, 0.3) is 0 Å². The van der Waals surface area contributed by atoms with Crippen molar-refractivity contribution in [3.8, 4) is 0 Å². The second-order valence-corrected chi connectivity index (χ2v) is 5.53. The molecule has 1 aromatic carbocycles. The zero-order valence-electron chi connectivity index (χ0n) is 10.9. The van der Waals surface area contributed by atoms with Gasteiger partial charge in [0, 0.05) is 24.1 Å². The Morgan fingerprint density at radius 3 is 2.38 bits per heavy atom. The molecule has 2 heterocycles. The van der Waals surface area contributed by atoms with Gasteiger partial charge in [0.25, 0.3) is 0 Å². The molecule has 3 rings (SSSR count). The van der Waals surface area contributed by atoms with E-state index >= 15 is 0 Å². The van der Waals surface area contributed by atoms with Crippen molar-refractivity contribution >= 4 is 40.8 Å². The van der Waals surface area contributed by atoms with E-state index < -0.39 is 0 Å². The van der Waals surface area contributed by atoms with E-state index in [1.165, 1.54) is 0 Å². The van der Waals surface area contributed by atoms with E-state index in [1.54, 1.807) is 16.9 Å². The van der Waals surface area contributed by atoms with Crippen LogP contribution < -0.4 is 4.90 Å². The van der Waals surface area contributed by atoms with Gasteiger partial charge in [-0.1, -0.05) is 41.4 Å². The summed E-state index contributed by atoms with van der Waals surface area (Å²) in [5, 5.41) is 5.13. The van der Waals surface area contributed by atoms with Gasteiger partial charge in [-0.2, -0.15) is 5.10 Å². The van der Waals surface area contributed by atoms with Gasteiger partial charge in [-0.05, 0) is 11.6 Å². The van der Waals surface area contributed by atoms with Crippen LogP contribution >= 0.6 is 23.2 Å². The lowest BCUT2D eigenvalue weighted by Crippen LogP contribution is -2.29. The van der Waals surface area contributed by atoms with Gasteiger partial charge in [-0.25, -0.2) is 4.90 Å². The molecule has 0 atom stereocenters. The lowest BCUT2D eigenvalue weighted by atomic mass is 10.2. The zero-order valence-corrected chi connectivity index (χ0v) is 12.4. The molecule has 0 spiro atoms. The molecule has 1 saturated heterocycles. The summed E-state index contributed by atoms with van der Waals surface area (Å²) in [5.41, 5.74) is 0.879. The van der Waals surface area contributed by atoms with E-state index in [1.807, 2.05) is 18.2 Å². The predicted molar refractivity (Wildman–Crippen MR) is 79.5 cm³/mol. The Hall–Kier alpha value is -1.85. The van der Waals surface area contributed by atoms with E-state index in [0.717, 1.165) is 10.5 Å². The Kier molecular flexibility index (Phi) is 3.69. The van der Waals surface area contributed by atoms with Crippen molar-refractivity contribution in [3.63, 3.8) is 0 Å². The molecule has 1 aromatic heterocycles. The van der Waals surface area contributed by atoms with Crippen LogP contribution in [0, 0.1) is 0 Å². The Morgan fingerprint density at radius 1 is 1.05 bits per heavy atom. The molecule has 0 radical (unpaired) electrons. The number of aromatic nitrogens is 2. The number of halogens is 2. The lowest BCUT2D eigenvalue weighted by Gasteiger charge is -2.10. The molecule has 7 heteroatoms. The largest absolute Gasteiger partial charge is 0.274 e. The van der Waals surface area contributed by atoms with Gasteiger partial charge in [0.05, 0.1) is 6.54 Å². The van der Waals surface area contributed by atoms with E-state index in [-0.39, 0.29) is 35.5 Å². The Labute approximate surface area is 131 Å². The summed E-state index contributed by atoms with van der Waals surface area (Å²) in [6.45, 7) is 0.412. The van der Waals surface area contributed by atoms with Crippen molar-refractivity contribution in [3.05, 3.63) is 46.1 Å². The van der Waals surface area contributed by atoms with Crippen molar-refractivity contribution in [1.29, 1.82) is 0 Å². The highest BCUT2D eigenvalue weighted by Crippen LogP contribution is 2.29. The van der Waals surface area contributed by atoms with Crippen LogP contribution in [0.4, 0.5) is 5.82 Å². The number of hydrogen-bond acceptors (Lipinski definition) is 3. The molecule has 0 N–H and O–H groups in total. The van der Waals surface area contributed by atoms with E-state index in [0.29, 0.717) is 11.6 Å². The molecule has 0 saturated carbocycles. The number of nitrogens with zero attached hydrogens (tertiary/aromatic N) is 3. The smallest absolute Gasteiger partial charge is 0.235 e. The van der Waals surface area contributed by atoms with Crippen LogP contribution in [0.2, 0.25) is 10.0 Å². The average Bonchev–Trinajstić information content (AvgIpc) is 2.95. The van der Waals surface area contributed by atoms with Gasteiger partial charge in [0.1, 0.15) is 5.02 Å². The van der Waals surface area contributed by atoms with Crippen LogP contribution in [0.1, 0.15) is 18.4 Å². The average molecular weight is 324 g/mol. The second-order valence-electron chi connectivity index (χ2n) is 4.71. The molecule has 21 heavy (non-hydrogen) atoms. The van der Waals surface area contributed by atoms with Crippen LogP contribution in [0.15, 0.2) is 30.5 Å². The van der Waals surface area contributed by atoms with Gasteiger partial charge in [0.2, 0.25) is 11.8 Å². The van der Waals surface area contributed by atoms with Gasteiger partial charge in [0.15, 0.2) is 5.82 Å². The van der Waals surface area contributed by atoms with Crippen molar-refractivity contribution in [2.24, 2.45) is 0 Å². The highest BCUT2D eigenvalue weighted by molar-refractivity contribution is 6.35. The summed E-state index contributed by atoms with van der Waals surface area (Å²) in [7, 11) is 0. The summed E-state index contributed by atoms with van der Waals surface area (Å²) >= 11 is 12.2. The third-order valence-electron chi connectivity index (χ3n) is 3.25. The molecule has 2 amide bonds. The normalized spacial score (nSPS) is 15.0. The highest BCUT2D eigenvalue weighted by Gasteiger charge is 2.33.